The molecule has 1 atom stereocenters. The highest BCUT2D eigenvalue weighted by molar-refractivity contribution is 5.06. The van der Waals surface area contributed by atoms with Crippen LogP contribution in [0.4, 0.5) is 0 Å². The van der Waals surface area contributed by atoms with Gasteiger partial charge >= 0.3 is 0 Å². The Hall–Kier alpha value is -0.830. The maximum atomic E-state index is 5.54. The third-order valence-electron chi connectivity index (χ3n) is 1.99. The van der Waals surface area contributed by atoms with Crippen LogP contribution >= 0.6 is 0 Å². The molecular weight excluding hydrogens is 150 g/mol. The second-order valence-corrected chi connectivity index (χ2v) is 3.45. The fourth-order valence-corrected chi connectivity index (χ4v) is 1.23. The largest absolute Gasteiger partial charge is 0.330 e. The number of aromatic nitrogens is 2. The molecule has 68 valence electrons. The summed E-state index contributed by atoms with van der Waals surface area (Å²) >= 11 is 0. The van der Waals surface area contributed by atoms with Crippen LogP contribution in [0.3, 0.4) is 0 Å². The Morgan fingerprint density at radius 3 is 2.67 bits per heavy atom. The van der Waals surface area contributed by atoms with Crippen molar-refractivity contribution in [1.29, 1.82) is 0 Å². The van der Waals surface area contributed by atoms with E-state index in [9.17, 15) is 0 Å². The molecule has 0 bridgehead atoms. The third-order valence-corrected chi connectivity index (χ3v) is 1.99. The average Bonchev–Trinajstić information content (AvgIpc) is 2.30. The normalized spacial score (nSPS) is 13.3. The van der Waals surface area contributed by atoms with Gasteiger partial charge in [0, 0.05) is 12.2 Å². The SMILES string of the molecule is Cc1cc(C)n(C[C@H](C)CN)n1. The Morgan fingerprint density at radius 1 is 1.58 bits per heavy atom. The van der Waals surface area contributed by atoms with Crippen molar-refractivity contribution in [2.75, 3.05) is 6.54 Å². The molecule has 3 nitrogen and oxygen atoms in total. The average molecular weight is 167 g/mol. The smallest absolute Gasteiger partial charge is 0.0596 e. The molecule has 0 amide bonds. The maximum Gasteiger partial charge on any atom is 0.0596 e. The number of nitrogens with zero attached hydrogens (tertiary/aromatic N) is 2. The van der Waals surface area contributed by atoms with E-state index < -0.39 is 0 Å². The van der Waals surface area contributed by atoms with Crippen LogP contribution in [0.1, 0.15) is 18.3 Å². The van der Waals surface area contributed by atoms with Crippen molar-refractivity contribution >= 4 is 0 Å². The van der Waals surface area contributed by atoms with E-state index in [0.29, 0.717) is 5.92 Å². The molecule has 1 aromatic rings. The van der Waals surface area contributed by atoms with E-state index in [-0.39, 0.29) is 0 Å². The van der Waals surface area contributed by atoms with Gasteiger partial charge in [-0.1, -0.05) is 6.92 Å². The lowest BCUT2D eigenvalue weighted by molar-refractivity contribution is 0.450. The van der Waals surface area contributed by atoms with E-state index >= 15 is 0 Å². The summed E-state index contributed by atoms with van der Waals surface area (Å²) in [6.45, 7) is 7.87. The molecular formula is C9H17N3. The van der Waals surface area contributed by atoms with E-state index in [2.05, 4.69) is 25.0 Å². The summed E-state index contributed by atoms with van der Waals surface area (Å²) in [6, 6.07) is 2.09. The van der Waals surface area contributed by atoms with Gasteiger partial charge in [0.25, 0.3) is 0 Å². The highest BCUT2D eigenvalue weighted by Crippen LogP contribution is 2.04. The summed E-state index contributed by atoms with van der Waals surface area (Å²) in [5.74, 6) is 0.503. The maximum absolute atomic E-state index is 5.54. The van der Waals surface area contributed by atoms with E-state index in [4.69, 9.17) is 5.73 Å². The molecule has 3 heteroatoms. The molecule has 0 radical (unpaired) electrons. The number of hydrogen-bond donors (Lipinski definition) is 1. The van der Waals surface area contributed by atoms with Gasteiger partial charge in [0.15, 0.2) is 0 Å². The highest BCUT2D eigenvalue weighted by atomic mass is 15.3. The molecule has 0 aliphatic carbocycles. The first-order valence-electron chi connectivity index (χ1n) is 4.34. The van der Waals surface area contributed by atoms with Crippen molar-refractivity contribution in [3.63, 3.8) is 0 Å². The minimum Gasteiger partial charge on any atom is -0.330 e. The summed E-state index contributed by atoms with van der Waals surface area (Å²) in [5.41, 5.74) is 7.83. The van der Waals surface area contributed by atoms with Crippen LogP contribution < -0.4 is 5.73 Å². The van der Waals surface area contributed by atoms with Crippen molar-refractivity contribution in [3.05, 3.63) is 17.5 Å². The Kier molecular flexibility index (Phi) is 2.87. The monoisotopic (exact) mass is 167 g/mol. The standard InChI is InChI=1S/C9H17N3/c1-7(5-10)6-12-9(3)4-8(2)11-12/h4,7H,5-6,10H2,1-3H3/t7-/m1/s1. The fourth-order valence-electron chi connectivity index (χ4n) is 1.23. The summed E-state index contributed by atoms with van der Waals surface area (Å²) < 4.78 is 2.02. The van der Waals surface area contributed by atoms with Gasteiger partial charge in [-0.05, 0) is 32.4 Å². The Bertz CT molecular complexity index is 252. The zero-order valence-corrected chi connectivity index (χ0v) is 8.04. The fraction of sp³-hybridized carbons (Fsp3) is 0.667. The van der Waals surface area contributed by atoms with E-state index in [1.54, 1.807) is 0 Å². The molecule has 1 aromatic heterocycles. The number of nitrogens with two attached hydrogens (primary N) is 1. The Morgan fingerprint density at radius 2 is 2.25 bits per heavy atom. The quantitative estimate of drug-likeness (QED) is 0.732. The highest BCUT2D eigenvalue weighted by Gasteiger charge is 2.04. The lowest BCUT2D eigenvalue weighted by Gasteiger charge is -2.09. The van der Waals surface area contributed by atoms with Crippen molar-refractivity contribution in [1.82, 2.24) is 9.78 Å². The van der Waals surface area contributed by atoms with Crippen molar-refractivity contribution in [2.45, 2.75) is 27.3 Å². The van der Waals surface area contributed by atoms with Crippen LogP contribution in [0, 0.1) is 19.8 Å². The van der Waals surface area contributed by atoms with Gasteiger partial charge in [-0.3, -0.25) is 4.68 Å². The molecule has 0 aromatic carbocycles. The van der Waals surface area contributed by atoms with Crippen LogP contribution in [0.25, 0.3) is 0 Å². The summed E-state index contributed by atoms with van der Waals surface area (Å²) in [6.07, 6.45) is 0. The molecule has 0 fully saturated rings. The minimum absolute atomic E-state index is 0.503. The first kappa shape index (κ1) is 9.26. The number of aryl methyl sites for hydroxylation is 2. The zero-order valence-electron chi connectivity index (χ0n) is 8.04. The van der Waals surface area contributed by atoms with Crippen molar-refractivity contribution in [3.8, 4) is 0 Å². The van der Waals surface area contributed by atoms with Crippen LogP contribution in [-0.4, -0.2) is 16.3 Å². The van der Waals surface area contributed by atoms with Gasteiger partial charge in [0.2, 0.25) is 0 Å². The molecule has 1 heterocycles. The van der Waals surface area contributed by atoms with Gasteiger partial charge < -0.3 is 5.73 Å². The van der Waals surface area contributed by atoms with E-state index in [1.807, 2.05) is 11.6 Å². The molecule has 0 saturated carbocycles. The van der Waals surface area contributed by atoms with Crippen LogP contribution in [0.15, 0.2) is 6.07 Å². The molecule has 0 aliphatic rings. The molecule has 0 unspecified atom stereocenters. The summed E-state index contributed by atoms with van der Waals surface area (Å²) in [5, 5.41) is 4.36. The summed E-state index contributed by atoms with van der Waals surface area (Å²) in [4.78, 5) is 0. The Labute approximate surface area is 73.6 Å². The van der Waals surface area contributed by atoms with E-state index in [1.165, 1.54) is 5.69 Å². The molecule has 2 N–H and O–H groups in total. The molecule has 1 rings (SSSR count). The lowest BCUT2D eigenvalue weighted by Crippen LogP contribution is -2.18. The Balaban J connectivity index is 2.68. The number of hydrogen-bond acceptors (Lipinski definition) is 2. The zero-order chi connectivity index (χ0) is 9.14. The molecule has 0 saturated heterocycles. The third kappa shape index (κ3) is 2.08. The topological polar surface area (TPSA) is 43.8 Å². The second kappa shape index (κ2) is 3.72. The van der Waals surface area contributed by atoms with Crippen molar-refractivity contribution in [2.24, 2.45) is 11.7 Å². The van der Waals surface area contributed by atoms with E-state index in [0.717, 1.165) is 18.8 Å². The number of rotatable bonds is 3. The van der Waals surface area contributed by atoms with Gasteiger partial charge in [-0.25, -0.2) is 0 Å². The van der Waals surface area contributed by atoms with Crippen molar-refractivity contribution < 1.29 is 0 Å². The van der Waals surface area contributed by atoms with Gasteiger partial charge in [0.05, 0.1) is 5.69 Å². The molecule has 12 heavy (non-hydrogen) atoms. The van der Waals surface area contributed by atoms with Crippen LogP contribution in [0.5, 0.6) is 0 Å². The molecule has 0 aliphatic heterocycles. The minimum atomic E-state index is 0.503. The predicted octanol–water partition coefficient (Wildman–Crippen LogP) is 1.09. The van der Waals surface area contributed by atoms with Gasteiger partial charge in [0.1, 0.15) is 0 Å². The van der Waals surface area contributed by atoms with Crippen LogP contribution in [-0.2, 0) is 6.54 Å². The van der Waals surface area contributed by atoms with Gasteiger partial charge in [-0.15, -0.1) is 0 Å². The van der Waals surface area contributed by atoms with Gasteiger partial charge in [-0.2, -0.15) is 5.10 Å². The summed E-state index contributed by atoms with van der Waals surface area (Å²) in [7, 11) is 0. The predicted molar refractivity (Wildman–Crippen MR) is 49.9 cm³/mol. The lowest BCUT2D eigenvalue weighted by atomic mass is 10.2. The first-order valence-corrected chi connectivity index (χ1v) is 4.34. The first-order chi connectivity index (χ1) is 5.63. The second-order valence-electron chi connectivity index (χ2n) is 3.45. The van der Waals surface area contributed by atoms with Crippen LogP contribution in [0.2, 0.25) is 0 Å². The molecule has 0 spiro atoms.